The SMILES string of the molecule is C=CCOC12Oc3ccc(OCCN4CC4)cc3C3C(CCCCO)C(CCCCO)C=C(C(=NOC)CC1N(Cc1ccc4c(c1)OCO4)C(=O)OCCCCCCCCCCCC)C32. The van der Waals surface area contributed by atoms with Crippen molar-refractivity contribution in [3.05, 3.63) is 71.8 Å². The lowest BCUT2D eigenvalue weighted by molar-refractivity contribution is -0.256. The van der Waals surface area contributed by atoms with Gasteiger partial charge in [0, 0.05) is 57.3 Å². The van der Waals surface area contributed by atoms with Crippen LogP contribution >= 0.6 is 0 Å². The second-order valence-electron chi connectivity index (χ2n) is 18.8. The summed E-state index contributed by atoms with van der Waals surface area (Å²) < 4.78 is 38.8. The number of hydrogen-bond donors (Lipinski definition) is 2. The first-order valence-electron chi connectivity index (χ1n) is 25.2. The van der Waals surface area contributed by atoms with Gasteiger partial charge in [-0.25, -0.2) is 4.79 Å². The van der Waals surface area contributed by atoms with Gasteiger partial charge in [-0.05, 0) is 85.4 Å². The number of amides is 1. The fraction of sp³-hybridized carbons (Fsp3) is 0.660. The molecule has 1 saturated carbocycles. The van der Waals surface area contributed by atoms with Crippen molar-refractivity contribution in [1.29, 1.82) is 0 Å². The Kier molecular flexibility index (Phi) is 18.9. The van der Waals surface area contributed by atoms with Crippen LogP contribution < -0.4 is 18.9 Å². The summed E-state index contributed by atoms with van der Waals surface area (Å²) in [5.41, 5.74) is 3.58. The maximum absolute atomic E-state index is 15.0. The van der Waals surface area contributed by atoms with Crippen LogP contribution in [0.4, 0.5) is 4.79 Å². The fourth-order valence-electron chi connectivity index (χ4n) is 10.8. The third-order valence-corrected chi connectivity index (χ3v) is 14.2. The number of unbranched alkanes of at least 4 members (excludes halogenated alkanes) is 11. The van der Waals surface area contributed by atoms with Gasteiger partial charge in [0.2, 0.25) is 12.6 Å². The highest BCUT2D eigenvalue weighted by Gasteiger charge is 2.65. The van der Waals surface area contributed by atoms with E-state index in [9.17, 15) is 15.0 Å². The molecule has 2 aromatic carbocycles. The number of ether oxygens (including phenoxy) is 6. The van der Waals surface area contributed by atoms with Gasteiger partial charge in [-0.1, -0.05) is 101 Å². The average Bonchev–Trinajstić information content (AvgIpc) is 4.04. The van der Waals surface area contributed by atoms with Crippen molar-refractivity contribution in [1.82, 2.24) is 9.80 Å². The third-order valence-electron chi connectivity index (χ3n) is 14.2. The van der Waals surface area contributed by atoms with Crippen LogP contribution in [0.15, 0.2) is 65.9 Å². The van der Waals surface area contributed by atoms with Gasteiger partial charge in [0.1, 0.15) is 31.3 Å². The molecular weight excluding hydrogens is 839 g/mol. The molecule has 2 aliphatic carbocycles. The van der Waals surface area contributed by atoms with E-state index in [1.807, 2.05) is 30.3 Å². The maximum atomic E-state index is 15.0. The van der Waals surface area contributed by atoms with Crippen LogP contribution in [0.1, 0.15) is 133 Å². The summed E-state index contributed by atoms with van der Waals surface area (Å²) in [6.07, 6.45) is 20.5. The minimum Gasteiger partial charge on any atom is -0.492 e. The van der Waals surface area contributed by atoms with Crippen LogP contribution in [-0.4, -0.2) is 110 Å². The molecule has 0 radical (unpaired) electrons. The van der Waals surface area contributed by atoms with Crippen LogP contribution in [-0.2, 0) is 20.9 Å². The van der Waals surface area contributed by atoms with E-state index < -0.39 is 23.8 Å². The molecule has 13 heteroatoms. The molecule has 5 aliphatic rings. The lowest BCUT2D eigenvalue weighted by Gasteiger charge is -2.59. The van der Waals surface area contributed by atoms with Crippen LogP contribution in [0, 0.1) is 17.8 Å². The largest absolute Gasteiger partial charge is 0.492 e. The summed E-state index contributed by atoms with van der Waals surface area (Å²) in [7, 11) is 1.56. The van der Waals surface area contributed by atoms with Crippen LogP contribution in [0.2, 0.25) is 0 Å². The van der Waals surface area contributed by atoms with Crippen molar-refractivity contribution in [2.75, 3.05) is 66.6 Å². The Morgan fingerprint density at radius 1 is 0.894 bits per heavy atom. The van der Waals surface area contributed by atoms with Gasteiger partial charge in [-0.3, -0.25) is 9.80 Å². The average molecular weight is 916 g/mol. The van der Waals surface area contributed by atoms with Gasteiger partial charge in [0.25, 0.3) is 0 Å². The Morgan fingerprint density at radius 2 is 1.62 bits per heavy atom. The lowest BCUT2D eigenvalue weighted by atomic mass is 9.55. The molecule has 1 saturated heterocycles. The van der Waals surface area contributed by atoms with Gasteiger partial charge in [-0.2, -0.15) is 0 Å². The number of carbonyl (C=O) groups is 1. The molecule has 6 atom stereocenters. The Balaban J connectivity index is 1.27. The molecule has 7 rings (SSSR count). The topological polar surface area (TPSA) is 141 Å². The quantitative estimate of drug-likeness (QED) is 0.0335. The van der Waals surface area contributed by atoms with E-state index in [4.69, 9.17) is 38.4 Å². The van der Waals surface area contributed by atoms with Crippen molar-refractivity contribution >= 4 is 11.8 Å². The van der Waals surface area contributed by atoms with Gasteiger partial charge >= 0.3 is 6.09 Å². The fourth-order valence-corrected chi connectivity index (χ4v) is 10.8. The second kappa shape index (κ2) is 25.2. The molecule has 0 spiro atoms. The minimum absolute atomic E-state index is 0.0966. The molecule has 66 heavy (non-hydrogen) atoms. The second-order valence-corrected chi connectivity index (χ2v) is 18.8. The number of aliphatic hydroxyl groups is 2. The van der Waals surface area contributed by atoms with Crippen LogP contribution in [0.5, 0.6) is 23.0 Å². The molecule has 0 bridgehead atoms. The minimum atomic E-state index is -1.41. The highest BCUT2D eigenvalue weighted by molar-refractivity contribution is 6.03. The van der Waals surface area contributed by atoms with Crippen LogP contribution in [0.3, 0.4) is 0 Å². The molecule has 2 N–H and O–H groups in total. The molecule has 13 nitrogen and oxygen atoms in total. The summed E-state index contributed by atoms with van der Waals surface area (Å²) in [5, 5.41) is 24.7. The van der Waals surface area contributed by atoms with E-state index in [0.29, 0.717) is 43.3 Å². The predicted molar refractivity (Wildman–Crippen MR) is 255 cm³/mol. The number of oxime groups is 1. The number of benzene rings is 2. The lowest BCUT2D eigenvalue weighted by Crippen LogP contribution is -2.70. The van der Waals surface area contributed by atoms with Gasteiger partial charge in [-0.15, -0.1) is 6.58 Å². The highest BCUT2D eigenvalue weighted by atomic mass is 16.7. The number of nitrogens with zero attached hydrogens (tertiary/aromatic N) is 3. The molecule has 364 valence electrons. The molecular formula is C53H77N3O10. The van der Waals surface area contributed by atoms with E-state index in [0.717, 1.165) is 92.7 Å². The zero-order chi connectivity index (χ0) is 46.1. The molecule has 2 fully saturated rings. The van der Waals surface area contributed by atoms with Gasteiger partial charge < -0.3 is 43.5 Å². The standard InChI is InChI=1S/C53H77N3O10/c1-4-6-7-8-9-10-11-12-13-18-31-62-52(59)56(37-39-21-23-47-48(33-39)64-38-63-47)49-36-45(54-60-3)43-34-40(19-14-16-28-57)42(20-15-17-29-58)50-44-35-41(61-32-27-55-25-26-55)22-24-46(44)66-53(49,51(43)50)65-30-5-2/h5,21-24,33-35,40,42,49-51,57-58H,2,4,6-20,25-32,36-38H2,1,3H3. The van der Waals surface area contributed by atoms with Crippen molar-refractivity contribution in [3.63, 3.8) is 0 Å². The maximum Gasteiger partial charge on any atom is 0.410 e. The number of fused-ring (bicyclic) bond motifs is 3. The molecule has 3 heterocycles. The van der Waals surface area contributed by atoms with Gasteiger partial charge in [0.05, 0.1) is 24.8 Å². The summed E-state index contributed by atoms with van der Waals surface area (Å²) >= 11 is 0. The summed E-state index contributed by atoms with van der Waals surface area (Å²) in [6, 6.07) is 11.2. The molecule has 3 aliphatic heterocycles. The molecule has 6 unspecified atom stereocenters. The zero-order valence-electron chi connectivity index (χ0n) is 39.8. The van der Waals surface area contributed by atoms with Crippen molar-refractivity contribution in [2.24, 2.45) is 22.9 Å². The third kappa shape index (κ3) is 12.4. The highest BCUT2D eigenvalue weighted by Crippen LogP contribution is 2.62. The molecule has 0 aromatic heterocycles. The van der Waals surface area contributed by atoms with Crippen molar-refractivity contribution in [2.45, 2.75) is 140 Å². The van der Waals surface area contributed by atoms with E-state index in [-0.39, 0.29) is 57.3 Å². The Hall–Kier alpha value is -4.30. The number of aliphatic hydroxyl groups excluding tert-OH is 2. The first-order valence-corrected chi connectivity index (χ1v) is 25.2. The van der Waals surface area contributed by atoms with E-state index in [1.54, 1.807) is 18.1 Å². The number of rotatable bonds is 30. The number of carbonyl (C=O) groups excluding carboxylic acids is 1. The number of hydrogen-bond acceptors (Lipinski definition) is 12. The monoisotopic (exact) mass is 916 g/mol. The summed E-state index contributed by atoms with van der Waals surface area (Å²) in [4.78, 5) is 24.8. The van der Waals surface area contributed by atoms with Crippen molar-refractivity contribution in [3.8, 4) is 23.0 Å². The van der Waals surface area contributed by atoms with Gasteiger partial charge in [0.15, 0.2) is 11.5 Å². The first kappa shape index (κ1) is 49.6. The smallest absolute Gasteiger partial charge is 0.410 e. The normalized spacial score (nSPS) is 24.2. The Morgan fingerprint density at radius 3 is 2.35 bits per heavy atom. The summed E-state index contributed by atoms with van der Waals surface area (Å²) in [5.74, 6) is 0.950. The molecule has 2 aromatic rings. The van der Waals surface area contributed by atoms with E-state index in [2.05, 4.69) is 30.5 Å². The first-order chi connectivity index (χ1) is 32.4. The summed E-state index contributed by atoms with van der Waals surface area (Å²) in [6.45, 7) is 11.0. The van der Waals surface area contributed by atoms with Crippen LogP contribution in [0.25, 0.3) is 0 Å². The predicted octanol–water partition coefficient (Wildman–Crippen LogP) is 9.93. The Bertz CT molecular complexity index is 1920. The molecule has 1 amide bonds. The van der Waals surface area contributed by atoms with Crippen molar-refractivity contribution < 1.29 is 48.3 Å². The zero-order valence-corrected chi connectivity index (χ0v) is 39.8. The number of allylic oxidation sites excluding steroid dienone is 1. The Labute approximate surface area is 393 Å². The van der Waals surface area contributed by atoms with E-state index in [1.165, 1.54) is 44.9 Å². The van der Waals surface area contributed by atoms with E-state index >= 15 is 0 Å².